The number of aromatic hydroxyl groups is 2. The van der Waals surface area contributed by atoms with Gasteiger partial charge in [-0.05, 0) is 12.1 Å². The van der Waals surface area contributed by atoms with Crippen LogP contribution in [0.4, 0.5) is 0 Å². The largest absolute Gasteiger partial charge is 0.508 e. The molecular weight excluding hydrogens is 456 g/mol. The van der Waals surface area contributed by atoms with Crippen LogP contribution in [0.1, 0.15) is 55.8 Å². The Labute approximate surface area is 209 Å². The number of benzene rings is 4. The van der Waals surface area contributed by atoms with Crippen LogP contribution < -0.4 is 9.47 Å². The van der Waals surface area contributed by atoms with E-state index >= 15 is 0 Å². The predicted octanol–water partition coefficient (Wildman–Crippen LogP) is 5.73. The van der Waals surface area contributed by atoms with Crippen molar-refractivity contribution in [2.75, 3.05) is 14.2 Å². The zero-order valence-electron chi connectivity index (χ0n) is 20.2. The minimum absolute atomic E-state index is 0.102. The van der Waals surface area contributed by atoms with Crippen molar-refractivity contribution in [1.82, 2.24) is 0 Å². The molecule has 182 valence electrons. The van der Waals surface area contributed by atoms with Gasteiger partial charge < -0.3 is 19.7 Å². The van der Waals surface area contributed by atoms with Gasteiger partial charge in [-0.15, -0.1) is 0 Å². The summed E-state index contributed by atoms with van der Waals surface area (Å²) in [5.74, 6) is -0.844. The molecule has 4 aromatic rings. The molecule has 0 aliphatic carbocycles. The van der Waals surface area contributed by atoms with E-state index in [4.69, 9.17) is 9.47 Å². The fraction of sp³-hybridized carbons (Fsp3) is 0.133. The van der Waals surface area contributed by atoms with Crippen molar-refractivity contribution in [2.45, 2.75) is 12.8 Å². The van der Waals surface area contributed by atoms with Crippen LogP contribution in [0, 0.1) is 0 Å². The fourth-order valence-electron chi connectivity index (χ4n) is 4.22. The highest BCUT2D eigenvalue weighted by Gasteiger charge is 2.25. The molecule has 4 aromatic carbocycles. The van der Waals surface area contributed by atoms with Crippen LogP contribution in [0.2, 0.25) is 0 Å². The first-order chi connectivity index (χ1) is 17.3. The average Bonchev–Trinajstić information content (AvgIpc) is 2.92. The molecule has 0 saturated carbocycles. The number of carbonyl (C=O) groups is 2. The van der Waals surface area contributed by atoms with E-state index in [0.717, 1.165) is 0 Å². The van der Waals surface area contributed by atoms with Gasteiger partial charge in [-0.3, -0.25) is 9.59 Å². The quantitative estimate of drug-likeness (QED) is 0.312. The van der Waals surface area contributed by atoms with E-state index in [2.05, 4.69) is 0 Å². The summed E-state index contributed by atoms with van der Waals surface area (Å²) in [5, 5.41) is 21.6. The van der Waals surface area contributed by atoms with Gasteiger partial charge in [-0.25, -0.2) is 0 Å². The molecule has 0 amide bonds. The van der Waals surface area contributed by atoms with Crippen molar-refractivity contribution in [3.63, 3.8) is 0 Å². The van der Waals surface area contributed by atoms with E-state index in [9.17, 15) is 19.8 Å². The summed E-state index contributed by atoms with van der Waals surface area (Å²) in [7, 11) is 2.85. The lowest BCUT2D eigenvalue weighted by molar-refractivity contribution is 0.102. The van der Waals surface area contributed by atoms with Crippen LogP contribution >= 0.6 is 0 Å². The normalized spacial score (nSPS) is 10.8. The number of ketones is 2. The molecule has 6 heteroatoms. The lowest BCUT2D eigenvalue weighted by atomic mass is 9.87. The molecule has 0 radical (unpaired) electrons. The number of hydrogen-bond donors (Lipinski definition) is 2. The molecule has 4 rings (SSSR count). The molecule has 0 unspecified atom stereocenters. The molecular formula is C30H26O6. The van der Waals surface area contributed by atoms with E-state index in [0.29, 0.717) is 22.3 Å². The third-order valence-corrected chi connectivity index (χ3v) is 6.19. The summed E-state index contributed by atoms with van der Waals surface area (Å²) in [6, 6.07) is 23.4. The van der Waals surface area contributed by atoms with Crippen molar-refractivity contribution in [3.8, 4) is 23.0 Å². The van der Waals surface area contributed by atoms with Crippen molar-refractivity contribution >= 4 is 11.6 Å². The lowest BCUT2D eigenvalue weighted by Gasteiger charge is -2.20. The highest BCUT2D eigenvalue weighted by Crippen LogP contribution is 2.41. The molecule has 0 saturated heterocycles. The Hall–Kier alpha value is -4.58. The monoisotopic (exact) mass is 482 g/mol. The number of rotatable bonds is 8. The zero-order chi connectivity index (χ0) is 25.8. The van der Waals surface area contributed by atoms with Crippen molar-refractivity contribution in [2.24, 2.45) is 0 Å². The SMILES string of the molecule is COc1cc(O)c(C(C)c2cc(C(=O)c3ccccc3)c(OC)cc2O)cc1C(=O)c1ccccc1. The summed E-state index contributed by atoms with van der Waals surface area (Å²) in [6.45, 7) is 1.77. The molecule has 0 aliphatic rings. The van der Waals surface area contributed by atoms with Crippen LogP contribution in [0.25, 0.3) is 0 Å². The lowest BCUT2D eigenvalue weighted by Crippen LogP contribution is -2.09. The predicted molar refractivity (Wildman–Crippen MR) is 137 cm³/mol. The van der Waals surface area contributed by atoms with Crippen LogP contribution in [0.5, 0.6) is 23.0 Å². The molecule has 36 heavy (non-hydrogen) atoms. The summed E-state index contributed by atoms with van der Waals surface area (Å²) < 4.78 is 10.7. The Bertz CT molecular complexity index is 1300. The molecule has 0 spiro atoms. The van der Waals surface area contributed by atoms with Gasteiger partial charge in [0.1, 0.15) is 23.0 Å². The first-order valence-corrected chi connectivity index (χ1v) is 11.4. The third-order valence-electron chi connectivity index (χ3n) is 6.19. The number of carbonyl (C=O) groups excluding carboxylic acids is 2. The fourth-order valence-corrected chi connectivity index (χ4v) is 4.22. The number of phenols is 2. The topological polar surface area (TPSA) is 93.1 Å². The van der Waals surface area contributed by atoms with Crippen molar-refractivity contribution < 1.29 is 29.3 Å². The highest BCUT2D eigenvalue weighted by atomic mass is 16.5. The van der Waals surface area contributed by atoms with Crippen LogP contribution in [0.15, 0.2) is 84.9 Å². The average molecular weight is 483 g/mol. The Kier molecular flexibility index (Phi) is 7.06. The van der Waals surface area contributed by atoms with Crippen LogP contribution in [0.3, 0.4) is 0 Å². The minimum Gasteiger partial charge on any atom is -0.508 e. The van der Waals surface area contributed by atoms with Gasteiger partial charge in [-0.2, -0.15) is 0 Å². The number of methoxy groups -OCH3 is 2. The molecule has 0 atom stereocenters. The van der Waals surface area contributed by atoms with Crippen LogP contribution in [-0.2, 0) is 0 Å². The summed E-state index contributed by atoms with van der Waals surface area (Å²) in [6.07, 6.45) is 0. The van der Waals surface area contributed by atoms with E-state index in [1.165, 1.54) is 26.4 Å². The van der Waals surface area contributed by atoms with Gasteiger partial charge in [-0.1, -0.05) is 67.6 Å². The Morgan fingerprint density at radius 1 is 0.639 bits per heavy atom. The molecule has 0 aliphatic heterocycles. The Balaban J connectivity index is 1.82. The van der Waals surface area contributed by atoms with E-state index in [1.54, 1.807) is 67.6 Å². The van der Waals surface area contributed by atoms with E-state index < -0.39 is 5.92 Å². The van der Waals surface area contributed by atoms with Gasteiger partial charge in [0.25, 0.3) is 0 Å². The second-order valence-electron chi connectivity index (χ2n) is 8.33. The zero-order valence-corrected chi connectivity index (χ0v) is 20.2. The maximum absolute atomic E-state index is 13.2. The summed E-state index contributed by atoms with van der Waals surface area (Å²) in [4.78, 5) is 26.5. The summed E-state index contributed by atoms with van der Waals surface area (Å²) >= 11 is 0. The number of ether oxygens (including phenoxy) is 2. The Morgan fingerprint density at radius 2 is 1.00 bits per heavy atom. The minimum atomic E-state index is -0.577. The van der Waals surface area contributed by atoms with Crippen LogP contribution in [-0.4, -0.2) is 36.0 Å². The van der Waals surface area contributed by atoms with E-state index in [1.807, 2.05) is 12.1 Å². The van der Waals surface area contributed by atoms with Crippen molar-refractivity contribution in [3.05, 3.63) is 118 Å². The molecule has 0 bridgehead atoms. The van der Waals surface area contributed by atoms with Gasteiger partial charge in [0.15, 0.2) is 11.6 Å². The number of hydrogen-bond acceptors (Lipinski definition) is 6. The molecule has 6 nitrogen and oxygen atoms in total. The third kappa shape index (κ3) is 4.66. The maximum Gasteiger partial charge on any atom is 0.196 e. The first kappa shape index (κ1) is 24.5. The van der Waals surface area contributed by atoms with E-state index in [-0.39, 0.29) is 45.7 Å². The maximum atomic E-state index is 13.2. The van der Waals surface area contributed by atoms with Gasteiger partial charge in [0.2, 0.25) is 0 Å². The second kappa shape index (κ2) is 10.4. The second-order valence-corrected chi connectivity index (χ2v) is 8.33. The van der Waals surface area contributed by atoms with Crippen molar-refractivity contribution in [1.29, 1.82) is 0 Å². The van der Waals surface area contributed by atoms with Gasteiger partial charge in [0, 0.05) is 40.3 Å². The molecule has 2 N–H and O–H groups in total. The molecule has 0 fully saturated rings. The smallest absolute Gasteiger partial charge is 0.196 e. The molecule has 0 aromatic heterocycles. The first-order valence-electron chi connectivity index (χ1n) is 11.4. The Morgan fingerprint density at radius 3 is 1.33 bits per heavy atom. The number of phenolic OH excluding ortho intramolecular Hbond substituents is 2. The highest BCUT2D eigenvalue weighted by molar-refractivity contribution is 6.11. The van der Waals surface area contributed by atoms with Gasteiger partial charge >= 0.3 is 0 Å². The summed E-state index contributed by atoms with van der Waals surface area (Å²) in [5.41, 5.74) is 2.29. The standard InChI is InChI=1S/C30H26O6/c1-18(21-14-23(27(35-2)16-25(21)31)29(33)19-10-6-4-7-11-19)22-15-24(28(36-3)17-26(22)32)30(34)20-12-8-5-9-13-20/h4-18,31-32H,1-3H3. The molecule has 0 heterocycles. The van der Waals surface area contributed by atoms with Gasteiger partial charge in [0.05, 0.1) is 25.3 Å².